The van der Waals surface area contributed by atoms with Crippen molar-refractivity contribution in [3.8, 4) is 0 Å². The second-order valence-corrected chi connectivity index (χ2v) is 6.71. The van der Waals surface area contributed by atoms with Crippen LogP contribution in [0.4, 0.5) is 11.4 Å². The third kappa shape index (κ3) is 2.83. The molecule has 3 aliphatic rings. The maximum Gasteiger partial charge on any atom is 0.293 e. The number of anilines is 2. The second-order valence-electron chi connectivity index (χ2n) is 6.34. The fourth-order valence-corrected chi connectivity index (χ4v) is 2.68. The molecule has 1 aromatic carbocycles. The van der Waals surface area contributed by atoms with E-state index in [1.54, 1.807) is 23.1 Å². The standard InChI is InChI=1S/C13H6ClNO2.C5H10O2/c14-11-5-4-7(17-11)6-8-12-9-2-1-3-10(12)15(9)13(8)16;1-5(2,3)7-4-6/h1-6H;4H,1-3H3. The summed E-state index contributed by atoms with van der Waals surface area (Å²) in [6, 6.07) is 9.24. The Bertz CT molecular complexity index is 823. The summed E-state index contributed by atoms with van der Waals surface area (Å²) in [6.45, 7) is 5.92. The number of fused-ring (bicyclic) bond motifs is 1. The van der Waals surface area contributed by atoms with E-state index in [1.807, 2.05) is 39.0 Å². The van der Waals surface area contributed by atoms with Gasteiger partial charge in [0.25, 0.3) is 12.4 Å². The van der Waals surface area contributed by atoms with Crippen LogP contribution in [0.1, 0.15) is 32.1 Å². The van der Waals surface area contributed by atoms with Gasteiger partial charge >= 0.3 is 0 Å². The number of amides is 1. The van der Waals surface area contributed by atoms with Crippen LogP contribution < -0.4 is 4.90 Å². The molecule has 0 spiro atoms. The number of halogens is 1. The number of carbonyl (C=O) groups is 2. The van der Waals surface area contributed by atoms with Gasteiger partial charge in [0.05, 0.1) is 16.9 Å². The van der Waals surface area contributed by atoms with Crippen LogP contribution in [-0.2, 0) is 14.3 Å². The number of nitrogens with zero attached hydrogens (tertiary/aromatic N) is 1. The molecule has 124 valence electrons. The van der Waals surface area contributed by atoms with Gasteiger partial charge in [-0.15, -0.1) is 0 Å². The summed E-state index contributed by atoms with van der Waals surface area (Å²) in [5.41, 5.74) is 3.35. The summed E-state index contributed by atoms with van der Waals surface area (Å²) in [6.07, 6.45) is 1.74. The highest BCUT2D eigenvalue weighted by molar-refractivity contribution is 6.45. The topological polar surface area (TPSA) is 59.8 Å². The van der Waals surface area contributed by atoms with Crippen molar-refractivity contribution in [3.63, 3.8) is 0 Å². The van der Waals surface area contributed by atoms with Crippen LogP contribution in [0.2, 0.25) is 5.22 Å². The summed E-state index contributed by atoms with van der Waals surface area (Å²) >= 11 is 5.70. The molecule has 5 rings (SSSR count). The smallest absolute Gasteiger partial charge is 0.293 e. The van der Waals surface area contributed by atoms with Crippen LogP contribution in [0.3, 0.4) is 0 Å². The number of ether oxygens (including phenoxy) is 1. The van der Waals surface area contributed by atoms with E-state index in [4.69, 9.17) is 16.0 Å². The molecule has 0 unspecified atom stereocenters. The van der Waals surface area contributed by atoms with E-state index in [1.165, 1.54) is 0 Å². The molecular weight excluding hydrogens is 330 g/mol. The number of hydrogen-bond donors (Lipinski definition) is 0. The maximum absolute atomic E-state index is 12.0. The van der Waals surface area contributed by atoms with Gasteiger partial charge in [0.15, 0.2) is 5.22 Å². The zero-order chi connectivity index (χ0) is 17.5. The van der Waals surface area contributed by atoms with Crippen LogP contribution in [-0.4, -0.2) is 18.0 Å². The van der Waals surface area contributed by atoms with Crippen LogP contribution >= 0.6 is 11.6 Å². The quantitative estimate of drug-likeness (QED) is 0.597. The molecule has 0 saturated carbocycles. The number of hydrogen-bond acceptors (Lipinski definition) is 4. The Kier molecular flexibility index (Phi) is 3.97. The molecule has 3 aliphatic heterocycles. The minimum Gasteiger partial charge on any atom is -0.462 e. The molecule has 0 saturated heterocycles. The Balaban J connectivity index is 0.000000209. The highest BCUT2D eigenvalue weighted by Gasteiger charge is 2.45. The van der Waals surface area contributed by atoms with Crippen molar-refractivity contribution in [2.75, 3.05) is 4.90 Å². The first-order valence-electron chi connectivity index (χ1n) is 7.38. The highest BCUT2D eigenvalue weighted by Crippen LogP contribution is 2.56. The third-order valence-corrected chi connectivity index (χ3v) is 3.69. The molecule has 1 amide bonds. The summed E-state index contributed by atoms with van der Waals surface area (Å²) in [5, 5.41) is 0.326. The molecule has 6 heteroatoms. The van der Waals surface area contributed by atoms with E-state index >= 15 is 0 Å². The van der Waals surface area contributed by atoms with E-state index < -0.39 is 0 Å². The van der Waals surface area contributed by atoms with E-state index in [0.29, 0.717) is 23.0 Å². The van der Waals surface area contributed by atoms with Crippen LogP contribution in [0.25, 0.3) is 11.6 Å². The third-order valence-electron chi connectivity index (χ3n) is 3.49. The van der Waals surface area contributed by atoms with Crippen molar-refractivity contribution >= 4 is 47.0 Å². The van der Waals surface area contributed by atoms with Crippen LogP contribution in [0.5, 0.6) is 0 Å². The average molecular weight is 346 g/mol. The van der Waals surface area contributed by atoms with E-state index in [2.05, 4.69) is 4.74 Å². The lowest BCUT2D eigenvalue weighted by Gasteiger charge is -2.25. The Morgan fingerprint density at radius 1 is 1.17 bits per heavy atom. The van der Waals surface area contributed by atoms with Gasteiger partial charge < -0.3 is 9.15 Å². The van der Waals surface area contributed by atoms with Crippen LogP contribution in [0, 0.1) is 0 Å². The predicted molar refractivity (Wildman–Crippen MR) is 92.1 cm³/mol. The van der Waals surface area contributed by atoms with Crippen molar-refractivity contribution < 1.29 is 18.7 Å². The zero-order valence-electron chi connectivity index (χ0n) is 13.5. The number of carbonyl (C=O) groups excluding carboxylic acids is 2. The lowest BCUT2D eigenvalue weighted by Crippen LogP contribution is -2.22. The molecule has 4 heterocycles. The lowest BCUT2D eigenvalue weighted by atomic mass is 10.0. The molecular formula is C18H16ClNO4. The second kappa shape index (κ2) is 5.83. The van der Waals surface area contributed by atoms with Gasteiger partial charge in [-0.05, 0) is 62.7 Å². The summed E-state index contributed by atoms with van der Waals surface area (Å²) in [4.78, 5) is 23.4. The Morgan fingerprint density at radius 3 is 2.25 bits per heavy atom. The number of benzene rings is 1. The number of rotatable bonds is 2. The van der Waals surface area contributed by atoms with Gasteiger partial charge in [0, 0.05) is 5.56 Å². The summed E-state index contributed by atoms with van der Waals surface area (Å²) in [5.74, 6) is 0.612. The van der Waals surface area contributed by atoms with E-state index in [0.717, 1.165) is 16.9 Å². The molecule has 0 radical (unpaired) electrons. The molecule has 5 nitrogen and oxygen atoms in total. The molecule has 0 aliphatic carbocycles. The first kappa shape index (κ1) is 16.3. The maximum atomic E-state index is 12.0. The fourth-order valence-electron chi connectivity index (χ4n) is 2.53. The summed E-state index contributed by atoms with van der Waals surface area (Å²) < 4.78 is 9.79. The SMILES string of the molecule is CC(C)(C)OC=O.O=C1C(=Cc2ccc(Cl)o2)c2c3cccc2N13. The van der Waals surface area contributed by atoms with Gasteiger partial charge in [-0.2, -0.15) is 0 Å². The molecule has 0 fully saturated rings. The van der Waals surface area contributed by atoms with E-state index in [-0.39, 0.29) is 11.5 Å². The van der Waals surface area contributed by atoms with Crippen molar-refractivity contribution in [1.82, 2.24) is 0 Å². The molecule has 0 atom stereocenters. The van der Waals surface area contributed by atoms with Gasteiger partial charge in [-0.3, -0.25) is 14.5 Å². The Morgan fingerprint density at radius 2 is 1.83 bits per heavy atom. The van der Waals surface area contributed by atoms with Gasteiger partial charge in [0.1, 0.15) is 11.4 Å². The zero-order valence-corrected chi connectivity index (χ0v) is 14.3. The van der Waals surface area contributed by atoms with Gasteiger partial charge in [-0.25, -0.2) is 0 Å². The van der Waals surface area contributed by atoms with Crippen molar-refractivity contribution in [3.05, 3.63) is 46.9 Å². The summed E-state index contributed by atoms with van der Waals surface area (Å²) in [7, 11) is 0. The first-order chi connectivity index (χ1) is 11.3. The fraction of sp³-hybridized carbons (Fsp3) is 0.222. The molecule has 24 heavy (non-hydrogen) atoms. The predicted octanol–water partition coefficient (Wildman–Crippen LogP) is 4.42. The lowest BCUT2D eigenvalue weighted by molar-refractivity contribution is -0.138. The molecule has 1 aromatic heterocycles. The van der Waals surface area contributed by atoms with Crippen molar-refractivity contribution in [2.24, 2.45) is 0 Å². The Hall–Kier alpha value is -2.53. The van der Waals surface area contributed by atoms with Gasteiger partial charge in [-0.1, -0.05) is 6.07 Å². The number of furan rings is 1. The van der Waals surface area contributed by atoms with Crippen LogP contribution in [0.15, 0.2) is 34.7 Å². The monoisotopic (exact) mass is 345 g/mol. The highest BCUT2D eigenvalue weighted by atomic mass is 35.5. The Labute approximate surface area is 144 Å². The largest absolute Gasteiger partial charge is 0.462 e. The molecule has 0 N–H and O–H groups in total. The van der Waals surface area contributed by atoms with Crippen molar-refractivity contribution in [2.45, 2.75) is 26.4 Å². The molecule has 2 aromatic rings. The first-order valence-corrected chi connectivity index (χ1v) is 7.76. The van der Waals surface area contributed by atoms with Crippen molar-refractivity contribution in [1.29, 1.82) is 0 Å². The van der Waals surface area contributed by atoms with E-state index in [9.17, 15) is 9.59 Å². The normalized spacial score (nSPS) is 15.8. The van der Waals surface area contributed by atoms with Gasteiger partial charge in [0.2, 0.25) is 0 Å². The minimum absolute atomic E-state index is 0.0122. The molecule has 4 bridgehead atoms. The minimum atomic E-state index is -0.318. The average Bonchev–Trinajstić information content (AvgIpc) is 3.11.